The molecule has 2 aromatic rings. The molecule has 0 atom stereocenters. The molecule has 0 spiro atoms. The lowest BCUT2D eigenvalue weighted by molar-refractivity contribution is 0.262. The molecule has 2 rings (SSSR count). The molecule has 0 aliphatic rings. The molecule has 0 aliphatic carbocycles. The lowest BCUT2D eigenvalue weighted by Crippen LogP contribution is -2.16. The van der Waals surface area contributed by atoms with Crippen molar-refractivity contribution in [2.45, 2.75) is 52.7 Å². The maximum absolute atomic E-state index is 13.9. The normalized spacial score (nSPS) is 10.3. The molecule has 2 aromatic carbocycles. The molecule has 0 unspecified atom stereocenters. The molecule has 0 radical (unpaired) electrons. The van der Waals surface area contributed by atoms with E-state index in [1.807, 2.05) is 31.2 Å². The van der Waals surface area contributed by atoms with Crippen LogP contribution in [0.1, 0.15) is 50.7 Å². The summed E-state index contributed by atoms with van der Waals surface area (Å²) in [6, 6.07) is 12.6. The van der Waals surface area contributed by atoms with Gasteiger partial charge in [0.2, 0.25) is 0 Å². The van der Waals surface area contributed by atoms with Gasteiger partial charge in [0.05, 0.1) is 6.61 Å². The van der Waals surface area contributed by atoms with Gasteiger partial charge in [0.1, 0.15) is 12.4 Å². The van der Waals surface area contributed by atoms with Crippen LogP contribution >= 0.6 is 12.4 Å². The third-order valence-corrected chi connectivity index (χ3v) is 4.21. The van der Waals surface area contributed by atoms with Crippen molar-refractivity contribution in [3.63, 3.8) is 0 Å². The quantitative estimate of drug-likeness (QED) is 0.454. The fourth-order valence-electron chi connectivity index (χ4n) is 2.80. The van der Waals surface area contributed by atoms with Crippen molar-refractivity contribution in [2.75, 3.05) is 13.2 Å². The first kappa shape index (κ1) is 23.3. The maximum atomic E-state index is 13.9. The van der Waals surface area contributed by atoms with E-state index < -0.39 is 0 Å². The van der Waals surface area contributed by atoms with Crippen molar-refractivity contribution >= 4 is 12.4 Å². The Bertz CT molecular complexity index is 667. The summed E-state index contributed by atoms with van der Waals surface area (Å²) in [4.78, 5) is 0. The van der Waals surface area contributed by atoms with Gasteiger partial charge < -0.3 is 14.8 Å². The molecule has 0 saturated heterocycles. The number of hydrogen-bond donors (Lipinski definition) is 1. The molecule has 0 aromatic heterocycles. The minimum absolute atomic E-state index is 0. The summed E-state index contributed by atoms with van der Waals surface area (Å²) < 4.78 is 25.6. The molecular formula is C22H31ClFNO2. The van der Waals surface area contributed by atoms with E-state index in [-0.39, 0.29) is 24.8 Å². The monoisotopic (exact) mass is 395 g/mol. The van der Waals surface area contributed by atoms with Gasteiger partial charge in [0.25, 0.3) is 0 Å². The lowest BCUT2D eigenvalue weighted by atomic mass is 10.1. The van der Waals surface area contributed by atoms with Crippen LogP contribution < -0.4 is 14.8 Å². The van der Waals surface area contributed by atoms with Gasteiger partial charge in [-0.1, -0.05) is 56.5 Å². The largest absolute Gasteiger partial charge is 0.490 e. The molecule has 0 heterocycles. The zero-order valence-electron chi connectivity index (χ0n) is 16.3. The Kier molecular flexibility index (Phi) is 11.5. The molecule has 27 heavy (non-hydrogen) atoms. The van der Waals surface area contributed by atoms with E-state index in [9.17, 15) is 4.39 Å². The lowest BCUT2D eigenvalue weighted by Gasteiger charge is -2.17. The third-order valence-electron chi connectivity index (χ3n) is 4.21. The number of unbranched alkanes of at least 4 members (excludes halogenated alkanes) is 3. The van der Waals surface area contributed by atoms with Crippen LogP contribution in [-0.4, -0.2) is 13.2 Å². The van der Waals surface area contributed by atoms with Crippen molar-refractivity contribution in [3.05, 3.63) is 59.4 Å². The number of benzene rings is 2. The standard InChI is InChI=1S/C22H30FNO2.ClH/c1-3-5-6-9-15-24-16-18-12-10-14-21(25-4-2)22(18)26-17-19-11-7-8-13-20(19)23;/h7-8,10-14,24H,3-6,9,15-17H2,1-2H3;1H. The zero-order chi connectivity index (χ0) is 18.6. The smallest absolute Gasteiger partial charge is 0.166 e. The first-order valence-corrected chi connectivity index (χ1v) is 9.57. The topological polar surface area (TPSA) is 30.5 Å². The van der Waals surface area contributed by atoms with Crippen LogP contribution in [0.2, 0.25) is 0 Å². The summed E-state index contributed by atoms with van der Waals surface area (Å²) in [5, 5.41) is 3.47. The highest BCUT2D eigenvalue weighted by Gasteiger charge is 2.12. The summed E-state index contributed by atoms with van der Waals surface area (Å²) in [5.74, 6) is 1.14. The predicted molar refractivity (Wildman–Crippen MR) is 111 cm³/mol. The molecule has 150 valence electrons. The molecule has 0 amide bonds. The Morgan fingerprint density at radius 1 is 0.889 bits per heavy atom. The third kappa shape index (κ3) is 7.77. The SMILES string of the molecule is CCCCCCNCc1cccc(OCC)c1OCc1ccccc1F.Cl. The second kappa shape index (κ2) is 13.4. The Hall–Kier alpha value is -1.78. The van der Waals surface area contributed by atoms with Crippen molar-refractivity contribution < 1.29 is 13.9 Å². The average Bonchev–Trinajstić information content (AvgIpc) is 2.65. The zero-order valence-corrected chi connectivity index (χ0v) is 17.1. The van der Waals surface area contributed by atoms with Crippen molar-refractivity contribution in [2.24, 2.45) is 0 Å². The number of rotatable bonds is 12. The fourth-order valence-corrected chi connectivity index (χ4v) is 2.80. The van der Waals surface area contributed by atoms with Crippen LogP contribution in [0.4, 0.5) is 4.39 Å². The van der Waals surface area contributed by atoms with Crippen LogP contribution in [0.5, 0.6) is 11.5 Å². The van der Waals surface area contributed by atoms with Gasteiger partial charge in [0.15, 0.2) is 11.5 Å². The van der Waals surface area contributed by atoms with E-state index in [0.29, 0.717) is 30.2 Å². The van der Waals surface area contributed by atoms with Gasteiger partial charge in [-0.25, -0.2) is 4.39 Å². The van der Waals surface area contributed by atoms with Crippen LogP contribution in [0.25, 0.3) is 0 Å². The minimum Gasteiger partial charge on any atom is -0.490 e. The van der Waals surface area contributed by atoms with Crippen LogP contribution in [0.3, 0.4) is 0 Å². The van der Waals surface area contributed by atoms with Crippen LogP contribution in [0.15, 0.2) is 42.5 Å². The molecule has 1 N–H and O–H groups in total. The van der Waals surface area contributed by atoms with Gasteiger partial charge >= 0.3 is 0 Å². The van der Waals surface area contributed by atoms with E-state index in [0.717, 1.165) is 12.1 Å². The van der Waals surface area contributed by atoms with Gasteiger partial charge in [-0.15, -0.1) is 12.4 Å². The fraction of sp³-hybridized carbons (Fsp3) is 0.455. The number of nitrogens with one attached hydrogen (secondary N) is 1. The highest BCUT2D eigenvalue weighted by molar-refractivity contribution is 5.85. The average molecular weight is 396 g/mol. The van der Waals surface area contributed by atoms with E-state index >= 15 is 0 Å². The number of halogens is 2. The van der Waals surface area contributed by atoms with Gasteiger partial charge in [0, 0.05) is 17.7 Å². The summed E-state index contributed by atoms with van der Waals surface area (Å²) in [6.07, 6.45) is 4.94. The molecular weight excluding hydrogens is 365 g/mol. The number of ether oxygens (including phenoxy) is 2. The molecule has 3 nitrogen and oxygen atoms in total. The van der Waals surface area contributed by atoms with E-state index in [2.05, 4.69) is 12.2 Å². The summed E-state index contributed by atoms with van der Waals surface area (Å²) in [7, 11) is 0. The molecule has 0 fully saturated rings. The van der Waals surface area contributed by atoms with Crippen molar-refractivity contribution in [1.29, 1.82) is 0 Å². The van der Waals surface area contributed by atoms with Gasteiger partial charge in [-0.2, -0.15) is 0 Å². The van der Waals surface area contributed by atoms with Gasteiger partial charge in [-0.3, -0.25) is 0 Å². The maximum Gasteiger partial charge on any atom is 0.166 e. The molecule has 0 bridgehead atoms. The minimum atomic E-state index is -0.253. The van der Waals surface area contributed by atoms with Crippen LogP contribution in [0, 0.1) is 5.82 Å². The Morgan fingerprint density at radius 3 is 2.41 bits per heavy atom. The Balaban J connectivity index is 0.00000364. The Morgan fingerprint density at radius 2 is 1.67 bits per heavy atom. The second-order valence-electron chi connectivity index (χ2n) is 6.29. The highest BCUT2D eigenvalue weighted by atomic mass is 35.5. The second-order valence-corrected chi connectivity index (χ2v) is 6.29. The molecule has 0 aliphatic heterocycles. The van der Waals surface area contributed by atoms with Crippen molar-refractivity contribution in [3.8, 4) is 11.5 Å². The van der Waals surface area contributed by atoms with Crippen molar-refractivity contribution in [1.82, 2.24) is 5.32 Å². The Labute approximate surface area is 168 Å². The van der Waals surface area contributed by atoms with E-state index in [1.165, 1.54) is 31.7 Å². The van der Waals surface area contributed by atoms with Gasteiger partial charge in [-0.05, 0) is 32.0 Å². The summed E-state index contributed by atoms with van der Waals surface area (Å²) in [6.45, 7) is 6.58. The molecule has 0 saturated carbocycles. The number of hydrogen-bond acceptors (Lipinski definition) is 3. The first-order chi connectivity index (χ1) is 12.8. The predicted octanol–water partition coefficient (Wildman–Crippen LogP) is 5.90. The molecule has 5 heteroatoms. The number of para-hydroxylation sites is 1. The summed E-state index contributed by atoms with van der Waals surface area (Å²) >= 11 is 0. The van der Waals surface area contributed by atoms with E-state index in [1.54, 1.807) is 12.1 Å². The van der Waals surface area contributed by atoms with Crippen LogP contribution in [-0.2, 0) is 13.2 Å². The van der Waals surface area contributed by atoms with E-state index in [4.69, 9.17) is 9.47 Å². The highest BCUT2D eigenvalue weighted by Crippen LogP contribution is 2.32. The summed E-state index contributed by atoms with van der Waals surface area (Å²) in [5.41, 5.74) is 1.57. The first-order valence-electron chi connectivity index (χ1n) is 9.57.